The minimum absolute atomic E-state index is 0.251. The van der Waals surface area contributed by atoms with Crippen molar-refractivity contribution in [2.24, 2.45) is 7.05 Å². The number of amides is 1. The lowest BCUT2D eigenvalue weighted by Crippen LogP contribution is -2.26. The van der Waals surface area contributed by atoms with E-state index in [-0.39, 0.29) is 11.6 Å². The number of nitrogens with one attached hydrogen (secondary N) is 1. The minimum atomic E-state index is -0.264. The molecule has 0 bridgehead atoms. The lowest BCUT2D eigenvalue weighted by molar-refractivity contribution is 0.0950. The van der Waals surface area contributed by atoms with E-state index >= 15 is 0 Å². The zero-order valence-electron chi connectivity index (χ0n) is 10.4. The highest BCUT2D eigenvalue weighted by Crippen LogP contribution is 2.21. The van der Waals surface area contributed by atoms with E-state index in [9.17, 15) is 4.79 Å². The Labute approximate surface area is 123 Å². The van der Waals surface area contributed by atoms with Gasteiger partial charge in [0.2, 0.25) is 0 Å². The molecule has 0 atom stereocenters. The molecule has 0 aliphatic heterocycles. The van der Waals surface area contributed by atoms with Crippen LogP contribution in [0.15, 0.2) is 10.5 Å². The van der Waals surface area contributed by atoms with E-state index in [1.54, 1.807) is 25.0 Å². The number of aryl methyl sites for hydroxylation is 2. The SMILES string of the molecule is Cc1nnc(SCCNC(=O)c2nn(C)cc2Cl)s1. The summed E-state index contributed by atoms with van der Waals surface area (Å²) >= 11 is 8.98. The van der Waals surface area contributed by atoms with Crippen molar-refractivity contribution in [1.29, 1.82) is 0 Å². The van der Waals surface area contributed by atoms with Gasteiger partial charge in [-0.1, -0.05) is 34.7 Å². The molecule has 1 N–H and O–H groups in total. The zero-order chi connectivity index (χ0) is 13.8. The number of thioether (sulfide) groups is 1. The van der Waals surface area contributed by atoms with Gasteiger partial charge in [0.15, 0.2) is 10.0 Å². The van der Waals surface area contributed by atoms with Crippen molar-refractivity contribution in [3.05, 3.63) is 21.9 Å². The van der Waals surface area contributed by atoms with Crippen LogP contribution in [0.5, 0.6) is 0 Å². The number of halogens is 1. The predicted molar refractivity (Wildman–Crippen MR) is 75.9 cm³/mol. The fourth-order valence-electron chi connectivity index (χ4n) is 1.34. The van der Waals surface area contributed by atoms with E-state index in [1.165, 1.54) is 16.0 Å². The van der Waals surface area contributed by atoms with Crippen LogP contribution in [0.4, 0.5) is 0 Å². The van der Waals surface area contributed by atoms with Crippen molar-refractivity contribution in [3.8, 4) is 0 Å². The van der Waals surface area contributed by atoms with Gasteiger partial charge in [0.25, 0.3) is 5.91 Å². The first kappa shape index (κ1) is 14.3. The molecule has 0 spiro atoms. The van der Waals surface area contributed by atoms with Crippen LogP contribution in [-0.4, -0.2) is 38.2 Å². The molecular formula is C10H12ClN5OS2. The first-order chi connectivity index (χ1) is 9.06. The second kappa shape index (κ2) is 6.36. The van der Waals surface area contributed by atoms with Gasteiger partial charge in [0, 0.05) is 25.5 Å². The summed E-state index contributed by atoms with van der Waals surface area (Å²) in [6.45, 7) is 2.43. The van der Waals surface area contributed by atoms with E-state index in [0.717, 1.165) is 15.1 Å². The van der Waals surface area contributed by atoms with Gasteiger partial charge < -0.3 is 5.32 Å². The summed E-state index contributed by atoms with van der Waals surface area (Å²) in [6.07, 6.45) is 1.59. The second-order valence-electron chi connectivity index (χ2n) is 3.69. The van der Waals surface area contributed by atoms with Crippen LogP contribution in [0.25, 0.3) is 0 Å². The molecule has 0 unspecified atom stereocenters. The number of rotatable bonds is 5. The van der Waals surface area contributed by atoms with E-state index in [2.05, 4.69) is 20.6 Å². The van der Waals surface area contributed by atoms with Crippen molar-refractivity contribution >= 4 is 40.6 Å². The molecule has 102 valence electrons. The molecule has 2 rings (SSSR count). The van der Waals surface area contributed by atoms with E-state index in [4.69, 9.17) is 11.6 Å². The second-order valence-corrected chi connectivity index (χ2v) is 6.62. The fraction of sp³-hybridized carbons (Fsp3) is 0.400. The van der Waals surface area contributed by atoms with Crippen LogP contribution >= 0.6 is 34.7 Å². The van der Waals surface area contributed by atoms with E-state index in [1.807, 2.05) is 6.92 Å². The summed E-state index contributed by atoms with van der Waals surface area (Å²) < 4.78 is 2.42. The number of carbonyl (C=O) groups excluding carboxylic acids is 1. The molecule has 0 aromatic carbocycles. The Morgan fingerprint density at radius 1 is 1.58 bits per heavy atom. The van der Waals surface area contributed by atoms with Crippen molar-refractivity contribution in [1.82, 2.24) is 25.3 Å². The summed E-state index contributed by atoms with van der Waals surface area (Å²) in [5, 5.41) is 16.0. The van der Waals surface area contributed by atoms with Crippen LogP contribution in [0.3, 0.4) is 0 Å². The summed E-state index contributed by atoms with van der Waals surface area (Å²) in [5.41, 5.74) is 0.251. The van der Waals surface area contributed by atoms with Crippen molar-refractivity contribution in [2.45, 2.75) is 11.3 Å². The smallest absolute Gasteiger partial charge is 0.273 e. The molecule has 0 saturated heterocycles. The Kier molecular flexibility index (Phi) is 4.78. The Balaban J connectivity index is 1.77. The first-order valence-electron chi connectivity index (χ1n) is 5.46. The average Bonchev–Trinajstić information content (AvgIpc) is 2.90. The van der Waals surface area contributed by atoms with Gasteiger partial charge in [-0.25, -0.2) is 0 Å². The quantitative estimate of drug-likeness (QED) is 0.672. The first-order valence-corrected chi connectivity index (χ1v) is 7.64. The van der Waals surface area contributed by atoms with Crippen LogP contribution in [0, 0.1) is 6.92 Å². The number of aromatic nitrogens is 4. The molecule has 2 heterocycles. The number of nitrogens with zero attached hydrogens (tertiary/aromatic N) is 4. The lowest BCUT2D eigenvalue weighted by Gasteiger charge is -2.01. The van der Waals surface area contributed by atoms with Gasteiger partial charge >= 0.3 is 0 Å². The summed E-state index contributed by atoms with van der Waals surface area (Å²) in [4.78, 5) is 11.8. The predicted octanol–water partition coefficient (Wildman–Crippen LogP) is 1.76. The maximum absolute atomic E-state index is 11.8. The van der Waals surface area contributed by atoms with Crippen LogP contribution in [0.1, 0.15) is 15.5 Å². The molecule has 0 radical (unpaired) electrons. The van der Waals surface area contributed by atoms with E-state index in [0.29, 0.717) is 11.6 Å². The minimum Gasteiger partial charge on any atom is -0.350 e. The molecule has 2 aromatic heterocycles. The van der Waals surface area contributed by atoms with Gasteiger partial charge in [-0.05, 0) is 6.92 Å². The van der Waals surface area contributed by atoms with E-state index < -0.39 is 0 Å². The molecule has 1 amide bonds. The number of hydrogen-bond donors (Lipinski definition) is 1. The Hall–Kier alpha value is -1.12. The maximum atomic E-state index is 11.8. The Morgan fingerprint density at radius 2 is 2.37 bits per heavy atom. The van der Waals surface area contributed by atoms with Crippen LogP contribution in [0.2, 0.25) is 5.02 Å². The normalized spacial score (nSPS) is 10.7. The third-order valence-electron chi connectivity index (χ3n) is 2.12. The molecular weight excluding hydrogens is 306 g/mol. The van der Waals surface area contributed by atoms with Crippen LogP contribution in [-0.2, 0) is 7.05 Å². The Bertz CT molecular complexity index is 582. The van der Waals surface area contributed by atoms with Gasteiger partial charge in [0.05, 0.1) is 5.02 Å². The van der Waals surface area contributed by atoms with Gasteiger partial charge in [-0.2, -0.15) is 5.10 Å². The van der Waals surface area contributed by atoms with Crippen molar-refractivity contribution in [2.75, 3.05) is 12.3 Å². The molecule has 0 saturated carbocycles. The molecule has 2 aromatic rings. The molecule has 19 heavy (non-hydrogen) atoms. The van der Waals surface area contributed by atoms with Crippen molar-refractivity contribution < 1.29 is 4.79 Å². The monoisotopic (exact) mass is 317 g/mol. The molecule has 0 aliphatic rings. The molecule has 0 aliphatic carbocycles. The molecule has 9 heteroatoms. The highest BCUT2D eigenvalue weighted by atomic mass is 35.5. The summed E-state index contributed by atoms with van der Waals surface area (Å²) in [7, 11) is 1.72. The third-order valence-corrected chi connectivity index (χ3v) is 4.37. The van der Waals surface area contributed by atoms with Crippen molar-refractivity contribution in [3.63, 3.8) is 0 Å². The standard InChI is InChI=1S/C10H12ClN5OS2/c1-6-13-14-10(19-6)18-4-3-12-9(17)8-7(11)5-16(2)15-8/h5H,3-4H2,1-2H3,(H,12,17). The number of carbonyl (C=O) groups is 1. The van der Waals surface area contributed by atoms with Crippen LogP contribution < -0.4 is 5.32 Å². The lowest BCUT2D eigenvalue weighted by atomic mass is 10.4. The maximum Gasteiger partial charge on any atom is 0.273 e. The highest BCUT2D eigenvalue weighted by Gasteiger charge is 2.13. The summed E-state index contributed by atoms with van der Waals surface area (Å²) in [5.74, 6) is 0.463. The largest absolute Gasteiger partial charge is 0.350 e. The van der Waals surface area contributed by atoms with Gasteiger partial charge in [-0.15, -0.1) is 10.2 Å². The Morgan fingerprint density at radius 3 is 2.95 bits per heavy atom. The zero-order valence-corrected chi connectivity index (χ0v) is 12.8. The third kappa shape index (κ3) is 3.92. The molecule has 0 fully saturated rings. The average molecular weight is 318 g/mol. The molecule has 6 nitrogen and oxygen atoms in total. The van der Waals surface area contributed by atoms with Gasteiger partial charge in [-0.3, -0.25) is 9.48 Å². The fourth-order valence-corrected chi connectivity index (χ4v) is 3.34. The topological polar surface area (TPSA) is 72.7 Å². The van der Waals surface area contributed by atoms with Gasteiger partial charge in [0.1, 0.15) is 5.01 Å². The number of hydrogen-bond acceptors (Lipinski definition) is 6. The summed E-state index contributed by atoms with van der Waals surface area (Å²) in [6, 6.07) is 0. The highest BCUT2D eigenvalue weighted by molar-refractivity contribution is 8.01.